The van der Waals surface area contributed by atoms with Crippen LogP contribution < -0.4 is 5.32 Å². The number of rotatable bonds is 3. The number of hydrogen-bond donors (Lipinski definition) is 1. The van der Waals surface area contributed by atoms with Crippen molar-refractivity contribution in [3.63, 3.8) is 0 Å². The van der Waals surface area contributed by atoms with Crippen molar-refractivity contribution in [1.82, 2.24) is 5.32 Å². The van der Waals surface area contributed by atoms with Crippen LogP contribution in [0.3, 0.4) is 0 Å². The molecule has 0 aromatic heterocycles. The molecule has 0 radical (unpaired) electrons. The fraction of sp³-hybridized carbons (Fsp3) is 0.417. The molecule has 86 valence electrons. The molecule has 1 unspecified atom stereocenters. The molecule has 0 amide bonds. The second-order valence-electron chi connectivity index (χ2n) is 3.89. The lowest BCUT2D eigenvalue weighted by atomic mass is 10.1. The normalized spacial score (nSPS) is 19.7. The van der Waals surface area contributed by atoms with Crippen molar-refractivity contribution in [2.45, 2.75) is 13.0 Å². The van der Waals surface area contributed by atoms with Gasteiger partial charge in [-0.1, -0.05) is 29.8 Å². The van der Waals surface area contributed by atoms with Crippen molar-refractivity contribution in [2.24, 2.45) is 5.92 Å². The SMILES string of the molecule is O=C(OCc1ccccc1Cl)C1CCNC1. The Morgan fingerprint density at radius 3 is 3.00 bits per heavy atom. The van der Waals surface area contributed by atoms with Gasteiger partial charge in [0.05, 0.1) is 5.92 Å². The number of halogens is 1. The number of benzene rings is 1. The molecule has 1 N–H and O–H groups in total. The van der Waals surface area contributed by atoms with E-state index in [1.165, 1.54) is 0 Å². The number of hydrogen-bond acceptors (Lipinski definition) is 3. The Kier molecular flexibility index (Phi) is 3.80. The summed E-state index contributed by atoms with van der Waals surface area (Å²) in [5.41, 5.74) is 0.850. The van der Waals surface area contributed by atoms with Gasteiger partial charge < -0.3 is 10.1 Å². The van der Waals surface area contributed by atoms with Gasteiger partial charge in [-0.15, -0.1) is 0 Å². The molecule has 2 rings (SSSR count). The summed E-state index contributed by atoms with van der Waals surface area (Å²) in [4.78, 5) is 11.6. The molecule has 0 bridgehead atoms. The predicted octanol–water partition coefficient (Wildman–Crippen LogP) is 1.99. The van der Waals surface area contributed by atoms with Crippen LogP contribution in [0.15, 0.2) is 24.3 Å². The van der Waals surface area contributed by atoms with Crippen LogP contribution in [0.25, 0.3) is 0 Å². The van der Waals surface area contributed by atoms with E-state index in [9.17, 15) is 4.79 Å². The Hall–Kier alpha value is -1.06. The molecule has 1 aliphatic heterocycles. The average Bonchev–Trinajstić information content (AvgIpc) is 2.81. The van der Waals surface area contributed by atoms with Crippen molar-refractivity contribution in [3.8, 4) is 0 Å². The summed E-state index contributed by atoms with van der Waals surface area (Å²) in [6.07, 6.45) is 0.862. The highest BCUT2D eigenvalue weighted by molar-refractivity contribution is 6.31. The van der Waals surface area contributed by atoms with E-state index in [1.807, 2.05) is 18.2 Å². The first-order valence-corrected chi connectivity index (χ1v) is 5.76. The largest absolute Gasteiger partial charge is 0.461 e. The molecular weight excluding hydrogens is 226 g/mol. The maximum absolute atomic E-state index is 11.6. The zero-order valence-electron chi connectivity index (χ0n) is 8.91. The van der Waals surface area contributed by atoms with E-state index in [2.05, 4.69) is 5.32 Å². The molecular formula is C12H14ClNO2. The van der Waals surface area contributed by atoms with Crippen molar-refractivity contribution >= 4 is 17.6 Å². The molecule has 1 fully saturated rings. The quantitative estimate of drug-likeness (QED) is 0.820. The molecule has 0 aliphatic carbocycles. The summed E-state index contributed by atoms with van der Waals surface area (Å²) >= 11 is 5.96. The van der Waals surface area contributed by atoms with E-state index in [1.54, 1.807) is 6.07 Å². The van der Waals surface area contributed by atoms with E-state index in [0.29, 0.717) is 5.02 Å². The summed E-state index contributed by atoms with van der Waals surface area (Å²) in [7, 11) is 0. The van der Waals surface area contributed by atoms with Gasteiger partial charge in [-0.3, -0.25) is 4.79 Å². The third-order valence-corrected chi connectivity index (χ3v) is 3.09. The first-order chi connectivity index (χ1) is 7.77. The maximum atomic E-state index is 11.6. The van der Waals surface area contributed by atoms with Crippen LogP contribution in [-0.2, 0) is 16.1 Å². The third-order valence-electron chi connectivity index (χ3n) is 2.72. The van der Waals surface area contributed by atoms with Gasteiger partial charge in [-0.05, 0) is 19.0 Å². The second-order valence-corrected chi connectivity index (χ2v) is 4.30. The van der Waals surface area contributed by atoms with Gasteiger partial charge in [-0.25, -0.2) is 0 Å². The van der Waals surface area contributed by atoms with Crippen molar-refractivity contribution in [2.75, 3.05) is 13.1 Å². The highest BCUT2D eigenvalue weighted by Gasteiger charge is 2.23. The molecule has 4 heteroatoms. The van der Waals surface area contributed by atoms with E-state index in [-0.39, 0.29) is 18.5 Å². The highest BCUT2D eigenvalue weighted by Crippen LogP contribution is 2.17. The van der Waals surface area contributed by atoms with Gasteiger partial charge in [-0.2, -0.15) is 0 Å². The monoisotopic (exact) mass is 239 g/mol. The van der Waals surface area contributed by atoms with Crippen LogP contribution in [0, 0.1) is 5.92 Å². The number of esters is 1. The topological polar surface area (TPSA) is 38.3 Å². The zero-order valence-corrected chi connectivity index (χ0v) is 9.67. The standard InChI is InChI=1S/C12H14ClNO2/c13-11-4-2-1-3-10(11)8-16-12(15)9-5-6-14-7-9/h1-4,9,14H,5-8H2. The summed E-state index contributed by atoms with van der Waals surface area (Å²) < 4.78 is 5.23. The minimum Gasteiger partial charge on any atom is -0.461 e. The maximum Gasteiger partial charge on any atom is 0.310 e. The smallest absolute Gasteiger partial charge is 0.310 e. The molecule has 16 heavy (non-hydrogen) atoms. The summed E-state index contributed by atoms with van der Waals surface area (Å²) in [5, 5.41) is 3.77. The molecule has 0 saturated carbocycles. The minimum atomic E-state index is -0.134. The van der Waals surface area contributed by atoms with E-state index in [4.69, 9.17) is 16.3 Å². The number of carbonyl (C=O) groups is 1. The molecule has 1 aromatic rings. The van der Waals surface area contributed by atoms with E-state index < -0.39 is 0 Å². The molecule has 1 aromatic carbocycles. The predicted molar refractivity (Wildman–Crippen MR) is 62.2 cm³/mol. The Balaban J connectivity index is 1.87. The number of carbonyl (C=O) groups excluding carboxylic acids is 1. The van der Waals surface area contributed by atoms with Crippen LogP contribution in [0.4, 0.5) is 0 Å². The van der Waals surface area contributed by atoms with Gasteiger partial charge >= 0.3 is 5.97 Å². The van der Waals surface area contributed by atoms with Gasteiger partial charge in [0.25, 0.3) is 0 Å². The van der Waals surface area contributed by atoms with Crippen LogP contribution in [0.1, 0.15) is 12.0 Å². The lowest BCUT2D eigenvalue weighted by molar-refractivity contribution is -0.149. The zero-order chi connectivity index (χ0) is 11.4. The molecule has 1 aliphatic rings. The van der Waals surface area contributed by atoms with E-state index in [0.717, 1.165) is 25.1 Å². The Morgan fingerprint density at radius 1 is 1.50 bits per heavy atom. The lowest BCUT2D eigenvalue weighted by Crippen LogP contribution is -2.20. The third kappa shape index (κ3) is 2.74. The molecule has 0 spiro atoms. The molecule has 3 nitrogen and oxygen atoms in total. The lowest BCUT2D eigenvalue weighted by Gasteiger charge is -2.09. The number of nitrogens with one attached hydrogen (secondary N) is 1. The molecule has 1 saturated heterocycles. The fourth-order valence-corrected chi connectivity index (χ4v) is 1.93. The Bertz CT molecular complexity index is 375. The van der Waals surface area contributed by atoms with Gasteiger partial charge in [0.2, 0.25) is 0 Å². The van der Waals surface area contributed by atoms with Gasteiger partial charge in [0.1, 0.15) is 6.61 Å². The van der Waals surface area contributed by atoms with Crippen molar-refractivity contribution in [3.05, 3.63) is 34.9 Å². The first kappa shape index (κ1) is 11.4. The molecule has 1 heterocycles. The van der Waals surface area contributed by atoms with Gasteiger partial charge in [0, 0.05) is 17.1 Å². The van der Waals surface area contributed by atoms with Crippen molar-refractivity contribution in [1.29, 1.82) is 0 Å². The summed E-state index contributed by atoms with van der Waals surface area (Å²) in [5.74, 6) is -0.132. The highest BCUT2D eigenvalue weighted by atomic mass is 35.5. The van der Waals surface area contributed by atoms with Crippen LogP contribution in [0.2, 0.25) is 5.02 Å². The van der Waals surface area contributed by atoms with Crippen molar-refractivity contribution < 1.29 is 9.53 Å². The minimum absolute atomic E-state index is 0.00230. The van der Waals surface area contributed by atoms with Crippen LogP contribution in [0.5, 0.6) is 0 Å². The van der Waals surface area contributed by atoms with E-state index >= 15 is 0 Å². The summed E-state index contributed by atoms with van der Waals surface area (Å²) in [6.45, 7) is 1.88. The fourth-order valence-electron chi connectivity index (χ4n) is 1.74. The second kappa shape index (κ2) is 5.32. The molecule has 1 atom stereocenters. The number of ether oxygens (including phenoxy) is 1. The van der Waals surface area contributed by atoms with Crippen LogP contribution >= 0.6 is 11.6 Å². The summed E-state index contributed by atoms with van der Waals surface area (Å²) in [6, 6.07) is 7.39. The first-order valence-electron chi connectivity index (χ1n) is 5.38. The van der Waals surface area contributed by atoms with Crippen LogP contribution in [-0.4, -0.2) is 19.1 Å². The van der Waals surface area contributed by atoms with Gasteiger partial charge in [0.15, 0.2) is 0 Å². The average molecular weight is 240 g/mol. The Morgan fingerprint density at radius 2 is 2.31 bits per heavy atom. The Labute approximate surface area is 99.7 Å².